The molecule has 1 rings (SSSR count). The average molecular weight is 361 g/mol. The van der Waals surface area contributed by atoms with Gasteiger partial charge in [0.1, 0.15) is 0 Å². The summed E-state index contributed by atoms with van der Waals surface area (Å²) in [6.07, 6.45) is 0. The van der Waals surface area contributed by atoms with Crippen molar-refractivity contribution < 1.29 is 34.9 Å². The Labute approximate surface area is 86.2 Å². The van der Waals surface area contributed by atoms with Gasteiger partial charge in [-0.3, -0.25) is 0 Å². The summed E-state index contributed by atoms with van der Waals surface area (Å²) < 4.78 is 2.00. The Morgan fingerprint density at radius 2 is 1.92 bits per heavy atom. The second-order valence-electron chi connectivity index (χ2n) is 2.35. The van der Waals surface area contributed by atoms with Gasteiger partial charge in [0, 0.05) is 0 Å². The Kier molecular flexibility index (Phi) is 3.04. The Bertz CT molecular complexity index is 282. The molecule has 0 atom stereocenters. The molecule has 1 aromatic rings. The molecule has 0 radical (unpaired) electrons. The summed E-state index contributed by atoms with van der Waals surface area (Å²) in [4.78, 5) is 10.6. The summed E-state index contributed by atoms with van der Waals surface area (Å²) in [5, 5.41) is 6.85. The standard InChI is InChI=1S/C8H8AtNO2/c1-10(9)7-4-2-6(3-5-7)8(11)12/h2-5H,1H3,(H,11,12)/p+1. The molecule has 0 saturated carbocycles. The van der Waals surface area contributed by atoms with Gasteiger partial charge in [-0.1, -0.05) is 0 Å². The number of anilines is 1. The molecule has 0 amide bonds. The predicted octanol–water partition coefficient (Wildman–Crippen LogP) is 0.452. The number of hydrogen-bond donors (Lipinski definition) is 0. The molecule has 0 heterocycles. The Morgan fingerprint density at radius 1 is 1.42 bits per heavy atom. The van der Waals surface area contributed by atoms with E-state index in [9.17, 15) is 4.79 Å². The van der Waals surface area contributed by atoms with Crippen molar-refractivity contribution in [1.29, 1.82) is 0 Å². The predicted molar refractivity (Wildman–Crippen MR) is 42.8 cm³/mol. The van der Waals surface area contributed by atoms with Crippen LogP contribution in [0, 0.1) is 25.0 Å². The first-order chi connectivity index (χ1) is 5.61. The van der Waals surface area contributed by atoms with E-state index < -0.39 is 5.97 Å². The summed E-state index contributed by atoms with van der Waals surface area (Å²) in [6, 6.07) is 7.00. The molecule has 3 nitrogen and oxygen atoms in total. The van der Waals surface area contributed by atoms with Crippen LogP contribution in [0.25, 0.3) is 0 Å². The summed E-state index contributed by atoms with van der Waals surface area (Å²) in [6.45, 7) is 0. The molecular formula is C8H9AtNO2+. The fourth-order valence-electron chi connectivity index (χ4n) is 0.818. The molecule has 0 aliphatic heterocycles. The summed E-state index contributed by atoms with van der Waals surface area (Å²) in [5.41, 5.74) is 1.49. The molecule has 0 fully saturated rings. The molecule has 0 aromatic heterocycles. The van der Waals surface area contributed by atoms with Crippen molar-refractivity contribution >= 4 is 11.7 Å². The topological polar surface area (TPSA) is 43.2 Å². The molecule has 4 heteroatoms. The molecule has 0 spiro atoms. The molecule has 0 aliphatic carbocycles. The molecule has 1 aromatic carbocycles. The summed E-state index contributed by atoms with van der Waals surface area (Å²) in [5.74, 6) is -0.634. The third-order valence-corrected chi connectivity index (χ3v) is 2.24. The Balaban J connectivity index is 2.93. The molecule has 0 saturated heterocycles. The van der Waals surface area contributed by atoms with Crippen molar-refractivity contribution in [2.75, 3.05) is 9.89 Å². The third kappa shape index (κ3) is 2.18. The molecule has 0 bridgehead atoms. The zero-order chi connectivity index (χ0) is 9.14. The van der Waals surface area contributed by atoms with Crippen LogP contribution < -0.4 is 2.84 Å². The van der Waals surface area contributed by atoms with Gasteiger partial charge in [0.05, 0.1) is 0 Å². The van der Waals surface area contributed by atoms with Gasteiger partial charge in [0.15, 0.2) is 0 Å². The molecular weight excluding hydrogens is 352 g/mol. The molecule has 0 aliphatic rings. The van der Waals surface area contributed by atoms with E-state index in [0.717, 1.165) is 5.69 Å². The van der Waals surface area contributed by atoms with E-state index in [4.69, 9.17) is 5.11 Å². The first kappa shape index (κ1) is 9.46. The third-order valence-electron chi connectivity index (χ3n) is 1.49. The number of rotatable bonds is 2. The van der Waals surface area contributed by atoms with Crippen LogP contribution >= 0.6 is 0 Å². The monoisotopic (exact) mass is 361 g/mol. The van der Waals surface area contributed by atoms with Gasteiger partial charge in [0.2, 0.25) is 0 Å². The first-order valence-corrected chi connectivity index (χ1v) is 4.68. The number of carbonyl (C=O) groups is 1. The van der Waals surface area contributed by atoms with Crippen molar-refractivity contribution in [2.45, 2.75) is 0 Å². The minimum atomic E-state index is -0.634. The average Bonchev–Trinajstić information content (AvgIpc) is 2.04. The van der Waals surface area contributed by atoms with Crippen LogP contribution in [0.4, 0.5) is 5.69 Å². The van der Waals surface area contributed by atoms with E-state index >= 15 is 0 Å². The van der Waals surface area contributed by atoms with E-state index in [-0.39, 0.29) is 0 Å². The van der Waals surface area contributed by atoms with Gasteiger partial charge in [-0.15, -0.1) is 0 Å². The zero-order valence-corrected chi connectivity index (χ0v) is 9.48. The normalized spacial score (nSPS) is 9.50. The van der Waals surface area contributed by atoms with Gasteiger partial charge in [0.25, 0.3) is 0 Å². The van der Waals surface area contributed by atoms with Crippen LogP contribution in [-0.2, 0) is 0 Å². The molecule has 0 unspecified atom stereocenters. The zero-order valence-electron chi connectivity index (χ0n) is 6.54. The number of hydrogen-bond acceptors (Lipinski definition) is 2. The van der Waals surface area contributed by atoms with Crippen molar-refractivity contribution in [2.24, 2.45) is 0 Å². The van der Waals surface area contributed by atoms with E-state index in [1.54, 1.807) is 12.1 Å². The molecule has 12 heavy (non-hydrogen) atoms. The molecule has 2 N–H and O–H groups in total. The van der Waals surface area contributed by atoms with Crippen LogP contribution in [0.3, 0.4) is 0 Å². The minimum absolute atomic E-state index is 0.437. The van der Waals surface area contributed by atoms with E-state index in [1.807, 2.05) is 22.0 Å². The van der Waals surface area contributed by atoms with E-state index in [1.165, 1.54) is 25.0 Å². The number of carbonyl (C=O) groups excluding carboxylic acids is 1. The fourth-order valence-corrected chi connectivity index (χ4v) is 1.26. The van der Waals surface area contributed by atoms with Gasteiger partial charge in [-0.05, 0) is 0 Å². The van der Waals surface area contributed by atoms with Gasteiger partial charge < -0.3 is 0 Å². The van der Waals surface area contributed by atoms with Crippen molar-refractivity contribution in [3.63, 3.8) is 0 Å². The fraction of sp³-hybridized carbons (Fsp3) is 0.125. The first-order valence-electron chi connectivity index (χ1n) is 3.37. The van der Waals surface area contributed by atoms with E-state index in [2.05, 4.69) is 0 Å². The van der Waals surface area contributed by atoms with Crippen LogP contribution in [-0.4, -0.2) is 18.1 Å². The van der Waals surface area contributed by atoms with Crippen molar-refractivity contribution in [3.05, 3.63) is 29.8 Å². The van der Waals surface area contributed by atoms with Gasteiger partial charge >= 0.3 is 86.3 Å². The number of nitrogens with zero attached hydrogens (tertiary/aromatic N) is 1. The van der Waals surface area contributed by atoms with Crippen LogP contribution in [0.1, 0.15) is 10.4 Å². The second-order valence-corrected chi connectivity index (χ2v) is 4.32. The van der Waals surface area contributed by atoms with Crippen LogP contribution in [0.2, 0.25) is 0 Å². The van der Waals surface area contributed by atoms with Crippen molar-refractivity contribution in [1.82, 2.24) is 0 Å². The molecule has 64 valence electrons. The maximum atomic E-state index is 10.6. The SMILES string of the molecule is CN([At])c1ccc(C(=O)[OH2+])cc1. The van der Waals surface area contributed by atoms with Crippen molar-refractivity contribution in [3.8, 4) is 0 Å². The second kappa shape index (κ2) is 3.86. The van der Waals surface area contributed by atoms with Gasteiger partial charge in [-0.2, -0.15) is 0 Å². The Morgan fingerprint density at radius 3 is 2.25 bits per heavy atom. The van der Waals surface area contributed by atoms with Gasteiger partial charge in [-0.25, -0.2) is 0 Å². The van der Waals surface area contributed by atoms with Crippen LogP contribution in [0.5, 0.6) is 0 Å². The summed E-state index contributed by atoms with van der Waals surface area (Å²) >= 11 is 1.54. The summed E-state index contributed by atoms with van der Waals surface area (Å²) in [7, 11) is 1.95. The van der Waals surface area contributed by atoms with Crippen LogP contribution in [0.15, 0.2) is 24.3 Å². The number of benzene rings is 1. The van der Waals surface area contributed by atoms with E-state index in [0.29, 0.717) is 5.56 Å². The quantitative estimate of drug-likeness (QED) is 0.719. The maximum absolute atomic E-state index is 10.6. The Hall–Kier alpha value is -0.627.